The molecule has 0 spiro atoms. The van der Waals surface area contributed by atoms with Crippen molar-refractivity contribution in [3.63, 3.8) is 0 Å². The van der Waals surface area contributed by atoms with Crippen molar-refractivity contribution in [1.29, 1.82) is 0 Å². The molecule has 0 heterocycles. The molecule has 0 unspecified atom stereocenters. The normalized spacial score (nSPS) is 11.9. The molecule has 1 aromatic rings. The fourth-order valence-electron chi connectivity index (χ4n) is 2.24. The number of aryl methyl sites for hydroxylation is 2. The van der Waals surface area contributed by atoms with Crippen LogP contribution in [0.3, 0.4) is 0 Å². The van der Waals surface area contributed by atoms with Crippen molar-refractivity contribution < 1.29 is 0 Å². The molecule has 0 aliphatic carbocycles. The zero-order chi connectivity index (χ0) is 13.8. The van der Waals surface area contributed by atoms with Crippen LogP contribution in [0, 0.1) is 13.8 Å². The number of hydrogen-bond donors (Lipinski definition) is 2. The summed E-state index contributed by atoms with van der Waals surface area (Å²) in [6.45, 7) is 13.3. The summed E-state index contributed by atoms with van der Waals surface area (Å²) in [7, 11) is 0. The first-order valence-corrected chi connectivity index (χ1v) is 7.41. The molecular formula is C16H27NS. The molecule has 102 valence electrons. The molecule has 1 aromatic carbocycles. The lowest BCUT2D eigenvalue weighted by molar-refractivity contribution is 0.588. The van der Waals surface area contributed by atoms with Gasteiger partial charge in [0, 0.05) is 12.3 Å². The summed E-state index contributed by atoms with van der Waals surface area (Å²) in [4.78, 5) is 0. The molecule has 1 rings (SSSR count). The molecule has 0 aliphatic rings. The highest BCUT2D eigenvalue weighted by atomic mass is 32.1. The van der Waals surface area contributed by atoms with E-state index in [-0.39, 0.29) is 5.41 Å². The van der Waals surface area contributed by atoms with E-state index in [2.05, 4.69) is 64.7 Å². The van der Waals surface area contributed by atoms with Crippen molar-refractivity contribution in [3.05, 3.63) is 34.4 Å². The van der Waals surface area contributed by atoms with Gasteiger partial charge in [0.05, 0.1) is 0 Å². The summed E-state index contributed by atoms with van der Waals surface area (Å²) in [5.41, 5.74) is 6.01. The van der Waals surface area contributed by atoms with E-state index in [0.29, 0.717) is 0 Å². The van der Waals surface area contributed by atoms with Crippen LogP contribution in [-0.2, 0) is 11.8 Å². The Hall–Kier alpha value is -0.470. The second kappa shape index (κ2) is 6.63. The first-order chi connectivity index (χ1) is 8.36. The van der Waals surface area contributed by atoms with Crippen molar-refractivity contribution in [3.8, 4) is 0 Å². The van der Waals surface area contributed by atoms with Crippen molar-refractivity contribution in [2.75, 3.05) is 18.8 Å². The molecule has 2 heteroatoms. The molecule has 1 nitrogen and oxygen atoms in total. The van der Waals surface area contributed by atoms with Gasteiger partial charge < -0.3 is 5.32 Å². The van der Waals surface area contributed by atoms with Gasteiger partial charge in [-0.25, -0.2) is 0 Å². The lowest BCUT2D eigenvalue weighted by atomic mass is 9.83. The van der Waals surface area contributed by atoms with Crippen molar-refractivity contribution in [2.45, 2.75) is 46.5 Å². The molecule has 0 amide bonds. The molecule has 0 radical (unpaired) electrons. The Balaban J connectivity index is 2.82. The van der Waals surface area contributed by atoms with Crippen LogP contribution < -0.4 is 5.32 Å². The Morgan fingerprint density at radius 3 is 2.06 bits per heavy atom. The summed E-state index contributed by atoms with van der Waals surface area (Å²) in [6, 6.07) is 4.70. The van der Waals surface area contributed by atoms with Gasteiger partial charge in [0.25, 0.3) is 0 Å². The molecule has 0 atom stereocenters. The van der Waals surface area contributed by atoms with Crippen LogP contribution in [0.15, 0.2) is 12.1 Å². The molecule has 0 aliphatic heterocycles. The fourth-order valence-corrected chi connectivity index (χ4v) is 2.40. The second-order valence-electron chi connectivity index (χ2n) is 6.06. The summed E-state index contributed by atoms with van der Waals surface area (Å²) in [5, 5.41) is 3.41. The lowest BCUT2D eigenvalue weighted by Gasteiger charge is -2.22. The van der Waals surface area contributed by atoms with Crippen LogP contribution in [0.5, 0.6) is 0 Å². The standard InChI is InChI=1S/C16H27NS/c1-12-10-14(16(3,4)5)11-13(2)15(12)6-7-17-8-9-18/h10-11,17-18H,6-9H2,1-5H3. The van der Waals surface area contributed by atoms with Gasteiger partial charge in [-0.2, -0.15) is 12.6 Å². The Morgan fingerprint density at radius 2 is 1.61 bits per heavy atom. The highest BCUT2D eigenvalue weighted by Crippen LogP contribution is 2.26. The van der Waals surface area contributed by atoms with Gasteiger partial charge in [0.1, 0.15) is 0 Å². The zero-order valence-corrected chi connectivity index (χ0v) is 13.3. The third-order valence-corrected chi connectivity index (χ3v) is 3.63. The number of benzene rings is 1. The number of hydrogen-bond acceptors (Lipinski definition) is 2. The zero-order valence-electron chi connectivity index (χ0n) is 12.4. The maximum absolute atomic E-state index is 4.20. The highest BCUT2D eigenvalue weighted by Gasteiger charge is 2.15. The molecular weight excluding hydrogens is 238 g/mol. The van der Waals surface area contributed by atoms with E-state index in [1.54, 1.807) is 0 Å². The van der Waals surface area contributed by atoms with Gasteiger partial charge in [-0.1, -0.05) is 32.9 Å². The predicted molar refractivity (Wildman–Crippen MR) is 85.0 cm³/mol. The molecule has 0 bridgehead atoms. The summed E-state index contributed by atoms with van der Waals surface area (Å²) in [6.07, 6.45) is 1.11. The Labute approximate surface area is 118 Å². The van der Waals surface area contributed by atoms with Crippen LogP contribution in [0.4, 0.5) is 0 Å². The number of nitrogens with one attached hydrogen (secondary N) is 1. The third-order valence-electron chi connectivity index (χ3n) is 3.40. The van der Waals surface area contributed by atoms with Gasteiger partial charge in [-0.15, -0.1) is 0 Å². The lowest BCUT2D eigenvalue weighted by Crippen LogP contribution is -2.20. The van der Waals surface area contributed by atoms with Gasteiger partial charge >= 0.3 is 0 Å². The van der Waals surface area contributed by atoms with E-state index in [4.69, 9.17) is 0 Å². The Bertz CT molecular complexity index is 368. The molecule has 0 saturated heterocycles. The summed E-state index contributed by atoms with van der Waals surface area (Å²) in [5.74, 6) is 0.904. The molecule has 0 aromatic heterocycles. The fraction of sp³-hybridized carbons (Fsp3) is 0.625. The van der Waals surface area contributed by atoms with Crippen molar-refractivity contribution in [2.24, 2.45) is 0 Å². The van der Waals surface area contributed by atoms with E-state index in [1.165, 1.54) is 22.3 Å². The van der Waals surface area contributed by atoms with Crippen LogP contribution >= 0.6 is 12.6 Å². The van der Waals surface area contributed by atoms with Crippen LogP contribution in [-0.4, -0.2) is 18.8 Å². The van der Waals surface area contributed by atoms with Crippen molar-refractivity contribution in [1.82, 2.24) is 5.32 Å². The molecule has 0 fully saturated rings. The predicted octanol–water partition coefficient (Wildman–Crippen LogP) is 3.66. The summed E-state index contributed by atoms with van der Waals surface area (Å²) < 4.78 is 0. The molecule has 0 saturated carbocycles. The quantitative estimate of drug-likeness (QED) is 0.611. The van der Waals surface area contributed by atoms with Crippen LogP contribution in [0.1, 0.15) is 43.0 Å². The van der Waals surface area contributed by atoms with Gasteiger partial charge in [0.15, 0.2) is 0 Å². The van der Waals surface area contributed by atoms with E-state index in [9.17, 15) is 0 Å². The Kier molecular flexibility index (Phi) is 5.74. The minimum Gasteiger partial charge on any atom is -0.316 e. The third kappa shape index (κ3) is 4.33. The van der Waals surface area contributed by atoms with E-state index < -0.39 is 0 Å². The molecule has 1 N–H and O–H groups in total. The average molecular weight is 265 g/mol. The van der Waals surface area contributed by atoms with E-state index in [0.717, 1.165) is 25.3 Å². The van der Waals surface area contributed by atoms with Crippen LogP contribution in [0.25, 0.3) is 0 Å². The molecule has 18 heavy (non-hydrogen) atoms. The smallest absolute Gasteiger partial charge is 0.00398 e. The number of rotatable bonds is 5. The minimum absolute atomic E-state index is 0.234. The largest absolute Gasteiger partial charge is 0.316 e. The highest BCUT2D eigenvalue weighted by molar-refractivity contribution is 7.80. The van der Waals surface area contributed by atoms with Crippen LogP contribution in [0.2, 0.25) is 0 Å². The summed E-state index contributed by atoms with van der Waals surface area (Å²) >= 11 is 4.20. The number of thiol groups is 1. The van der Waals surface area contributed by atoms with Crippen molar-refractivity contribution >= 4 is 12.6 Å². The average Bonchev–Trinajstić information content (AvgIpc) is 2.25. The first-order valence-electron chi connectivity index (χ1n) is 6.78. The van der Waals surface area contributed by atoms with Gasteiger partial charge in [-0.05, 0) is 54.5 Å². The Morgan fingerprint density at radius 1 is 1.06 bits per heavy atom. The van der Waals surface area contributed by atoms with Gasteiger partial charge in [-0.3, -0.25) is 0 Å². The maximum Gasteiger partial charge on any atom is 0.00398 e. The van der Waals surface area contributed by atoms with E-state index in [1.807, 2.05) is 0 Å². The topological polar surface area (TPSA) is 12.0 Å². The van der Waals surface area contributed by atoms with Gasteiger partial charge in [0.2, 0.25) is 0 Å². The second-order valence-corrected chi connectivity index (χ2v) is 6.51. The SMILES string of the molecule is Cc1cc(C(C)(C)C)cc(C)c1CCNCCS. The minimum atomic E-state index is 0.234. The maximum atomic E-state index is 4.20. The first kappa shape index (κ1) is 15.6. The van der Waals surface area contributed by atoms with E-state index >= 15 is 0 Å². The monoisotopic (exact) mass is 265 g/mol.